The molecule has 0 aliphatic carbocycles. The van der Waals surface area contributed by atoms with Gasteiger partial charge in [-0.25, -0.2) is 4.39 Å². The largest absolute Gasteiger partial charge is 0.493 e. The number of nitrogens with zero attached hydrogens (tertiary/aromatic N) is 2. The van der Waals surface area contributed by atoms with Crippen LogP contribution in [0.4, 0.5) is 4.39 Å². The summed E-state index contributed by atoms with van der Waals surface area (Å²) in [4.78, 5) is 1.87. The van der Waals surface area contributed by atoms with Crippen LogP contribution >= 0.6 is 0 Å². The van der Waals surface area contributed by atoms with Gasteiger partial charge in [-0.1, -0.05) is 30.3 Å². The van der Waals surface area contributed by atoms with E-state index in [1.54, 1.807) is 31.4 Å². The molecule has 0 atom stereocenters. The highest BCUT2D eigenvalue weighted by atomic mass is 19.1. The van der Waals surface area contributed by atoms with Gasteiger partial charge in [-0.2, -0.15) is 5.26 Å². The quantitative estimate of drug-likeness (QED) is 0.735. The fraction of sp³-hybridized carbons (Fsp3) is 0.278. The van der Waals surface area contributed by atoms with E-state index in [1.165, 1.54) is 6.07 Å². The maximum Gasteiger partial charge on any atom is 0.166 e. The van der Waals surface area contributed by atoms with Gasteiger partial charge in [0.15, 0.2) is 11.5 Å². The van der Waals surface area contributed by atoms with Gasteiger partial charge in [0.2, 0.25) is 0 Å². The Labute approximate surface area is 135 Å². The minimum absolute atomic E-state index is 0.113. The van der Waals surface area contributed by atoms with Crippen molar-refractivity contribution in [3.8, 4) is 17.6 Å². The summed E-state index contributed by atoms with van der Waals surface area (Å²) in [7, 11) is 3.41. The highest BCUT2D eigenvalue weighted by Gasteiger charge is 2.13. The summed E-state index contributed by atoms with van der Waals surface area (Å²) < 4.78 is 24.9. The maximum atomic E-state index is 13.7. The number of methoxy groups -OCH3 is 1. The third kappa shape index (κ3) is 4.44. The molecule has 0 aliphatic heterocycles. The molecule has 120 valence electrons. The standard InChI is InChI=1S/C18H19FN2O2/c1-21(11-10-20)12-14-7-5-9-17(22-2)18(14)23-13-15-6-3-4-8-16(15)19/h3-9H,11-13H2,1-2H3. The summed E-state index contributed by atoms with van der Waals surface area (Å²) >= 11 is 0. The average Bonchev–Trinajstić information content (AvgIpc) is 2.55. The lowest BCUT2D eigenvalue weighted by atomic mass is 10.1. The Bertz CT molecular complexity index is 698. The summed E-state index contributed by atoms with van der Waals surface area (Å²) in [5.74, 6) is 0.859. The maximum absolute atomic E-state index is 13.7. The van der Waals surface area contributed by atoms with Crippen LogP contribution in [0.15, 0.2) is 42.5 Å². The highest BCUT2D eigenvalue weighted by molar-refractivity contribution is 5.46. The van der Waals surface area contributed by atoms with E-state index in [2.05, 4.69) is 6.07 Å². The summed E-state index contributed by atoms with van der Waals surface area (Å²) in [5, 5.41) is 8.78. The fourth-order valence-corrected chi connectivity index (χ4v) is 2.24. The molecule has 0 spiro atoms. The molecule has 0 bridgehead atoms. The van der Waals surface area contributed by atoms with Gasteiger partial charge in [0.1, 0.15) is 12.4 Å². The Morgan fingerprint density at radius 1 is 1.13 bits per heavy atom. The Hall–Kier alpha value is -2.58. The van der Waals surface area contributed by atoms with Crippen molar-refractivity contribution in [3.63, 3.8) is 0 Å². The van der Waals surface area contributed by atoms with E-state index in [9.17, 15) is 4.39 Å². The van der Waals surface area contributed by atoms with E-state index >= 15 is 0 Å². The van der Waals surface area contributed by atoms with Crippen LogP contribution in [-0.4, -0.2) is 25.6 Å². The lowest BCUT2D eigenvalue weighted by Crippen LogP contribution is -2.18. The number of halogens is 1. The molecule has 0 saturated heterocycles. The molecule has 5 heteroatoms. The van der Waals surface area contributed by atoms with E-state index in [-0.39, 0.29) is 12.4 Å². The lowest BCUT2D eigenvalue weighted by Gasteiger charge is -2.18. The summed E-state index contributed by atoms with van der Waals surface area (Å²) in [6.45, 7) is 0.962. The van der Waals surface area contributed by atoms with Gasteiger partial charge in [0.05, 0.1) is 19.7 Å². The molecule has 0 fully saturated rings. The van der Waals surface area contributed by atoms with Crippen LogP contribution in [-0.2, 0) is 13.2 Å². The first-order valence-corrected chi connectivity index (χ1v) is 7.23. The average molecular weight is 314 g/mol. The van der Waals surface area contributed by atoms with Crippen LogP contribution < -0.4 is 9.47 Å². The molecule has 0 radical (unpaired) electrons. The van der Waals surface area contributed by atoms with Crippen molar-refractivity contribution < 1.29 is 13.9 Å². The van der Waals surface area contributed by atoms with Crippen molar-refractivity contribution >= 4 is 0 Å². The molecule has 0 saturated carbocycles. The first-order valence-electron chi connectivity index (χ1n) is 7.23. The second-order valence-electron chi connectivity index (χ2n) is 5.16. The molecular weight excluding hydrogens is 295 g/mol. The zero-order valence-electron chi connectivity index (χ0n) is 13.3. The van der Waals surface area contributed by atoms with Crippen LogP contribution in [0.2, 0.25) is 0 Å². The summed E-state index contributed by atoms with van der Waals surface area (Å²) in [6.07, 6.45) is 0. The first-order chi connectivity index (χ1) is 11.2. The predicted molar refractivity (Wildman–Crippen MR) is 85.7 cm³/mol. The fourth-order valence-electron chi connectivity index (χ4n) is 2.24. The minimum Gasteiger partial charge on any atom is -0.493 e. The minimum atomic E-state index is -0.300. The topological polar surface area (TPSA) is 45.5 Å². The molecule has 2 rings (SSSR count). The molecule has 0 unspecified atom stereocenters. The zero-order chi connectivity index (χ0) is 16.7. The Kier molecular flexibility index (Phi) is 5.95. The third-order valence-corrected chi connectivity index (χ3v) is 3.39. The van der Waals surface area contributed by atoms with Gasteiger partial charge in [0.25, 0.3) is 0 Å². The molecule has 0 amide bonds. The zero-order valence-corrected chi connectivity index (χ0v) is 13.3. The van der Waals surface area contributed by atoms with Gasteiger partial charge >= 0.3 is 0 Å². The van der Waals surface area contributed by atoms with E-state index in [1.807, 2.05) is 24.1 Å². The molecule has 2 aromatic rings. The number of hydrogen-bond acceptors (Lipinski definition) is 4. The van der Waals surface area contributed by atoms with Crippen molar-refractivity contribution in [2.24, 2.45) is 0 Å². The molecular formula is C18H19FN2O2. The van der Waals surface area contributed by atoms with Crippen LogP contribution in [0.5, 0.6) is 11.5 Å². The van der Waals surface area contributed by atoms with Crippen molar-refractivity contribution in [1.82, 2.24) is 4.90 Å². The number of rotatable bonds is 7. The molecule has 0 heterocycles. The molecule has 0 aliphatic rings. The van der Waals surface area contributed by atoms with Crippen LogP contribution in [0.3, 0.4) is 0 Å². The van der Waals surface area contributed by atoms with Crippen molar-refractivity contribution in [3.05, 3.63) is 59.4 Å². The van der Waals surface area contributed by atoms with Gasteiger partial charge in [-0.3, -0.25) is 4.90 Å². The van der Waals surface area contributed by atoms with Crippen molar-refractivity contribution in [2.75, 3.05) is 20.7 Å². The van der Waals surface area contributed by atoms with E-state index in [0.29, 0.717) is 30.2 Å². The molecule has 0 N–H and O–H groups in total. The van der Waals surface area contributed by atoms with E-state index in [4.69, 9.17) is 14.7 Å². The number of benzene rings is 2. The molecule has 0 aromatic heterocycles. The normalized spacial score (nSPS) is 10.4. The van der Waals surface area contributed by atoms with Gasteiger partial charge < -0.3 is 9.47 Å². The van der Waals surface area contributed by atoms with E-state index in [0.717, 1.165) is 5.56 Å². The number of ether oxygens (including phenoxy) is 2. The van der Waals surface area contributed by atoms with Gasteiger partial charge in [0, 0.05) is 17.7 Å². The first kappa shape index (κ1) is 16.8. The smallest absolute Gasteiger partial charge is 0.166 e. The summed E-state index contributed by atoms with van der Waals surface area (Å²) in [6, 6.07) is 14.2. The van der Waals surface area contributed by atoms with Crippen molar-refractivity contribution in [2.45, 2.75) is 13.2 Å². The Balaban J connectivity index is 2.21. The number of para-hydroxylation sites is 1. The predicted octanol–water partition coefficient (Wildman–Crippen LogP) is 3.37. The number of hydrogen-bond donors (Lipinski definition) is 0. The summed E-state index contributed by atoms with van der Waals surface area (Å²) in [5.41, 5.74) is 1.37. The third-order valence-electron chi connectivity index (χ3n) is 3.39. The van der Waals surface area contributed by atoms with Crippen LogP contribution in [0.1, 0.15) is 11.1 Å². The van der Waals surface area contributed by atoms with Crippen molar-refractivity contribution in [1.29, 1.82) is 5.26 Å². The SMILES string of the molecule is COc1cccc(CN(C)CC#N)c1OCc1ccccc1F. The van der Waals surface area contributed by atoms with Crippen LogP contribution in [0.25, 0.3) is 0 Å². The Morgan fingerprint density at radius 3 is 2.57 bits per heavy atom. The van der Waals surface area contributed by atoms with Gasteiger partial charge in [-0.15, -0.1) is 0 Å². The molecule has 4 nitrogen and oxygen atoms in total. The Morgan fingerprint density at radius 2 is 1.87 bits per heavy atom. The lowest BCUT2D eigenvalue weighted by molar-refractivity contribution is 0.269. The highest BCUT2D eigenvalue weighted by Crippen LogP contribution is 2.32. The molecule has 2 aromatic carbocycles. The molecule has 23 heavy (non-hydrogen) atoms. The number of nitriles is 1. The second kappa shape index (κ2) is 8.16. The monoisotopic (exact) mass is 314 g/mol. The second-order valence-corrected chi connectivity index (χ2v) is 5.16. The van der Waals surface area contributed by atoms with Crippen LogP contribution in [0, 0.1) is 17.1 Å². The van der Waals surface area contributed by atoms with Gasteiger partial charge in [-0.05, 0) is 19.2 Å². The van der Waals surface area contributed by atoms with E-state index < -0.39 is 0 Å².